The Hall–Kier alpha value is -0.570. The third-order valence-corrected chi connectivity index (χ3v) is 5.36. The third-order valence-electron chi connectivity index (χ3n) is 5.36. The Bertz CT molecular complexity index is 295. The summed E-state index contributed by atoms with van der Waals surface area (Å²) in [6, 6.07) is 0.630. The summed E-state index contributed by atoms with van der Waals surface area (Å²) in [5, 5.41) is 12.8. The SMILES string of the molecule is CC(C)C1CCC(NCC2CCCC2C(=O)O)CC1. The predicted octanol–water partition coefficient (Wildman–Crippen LogP) is 3.29. The second-order valence-corrected chi connectivity index (χ2v) is 6.90. The maximum Gasteiger partial charge on any atom is 0.306 e. The molecule has 3 nitrogen and oxygen atoms in total. The highest BCUT2D eigenvalue weighted by Gasteiger charge is 2.33. The second kappa shape index (κ2) is 6.74. The molecule has 0 radical (unpaired) electrons. The summed E-state index contributed by atoms with van der Waals surface area (Å²) in [6.07, 6.45) is 8.27. The Morgan fingerprint density at radius 1 is 1.16 bits per heavy atom. The van der Waals surface area contributed by atoms with Gasteiger partial charge < -0.3 is 10.4 Å². The van der Waals surface area contributed by atoms with E-state index in [1.165, 1.54) is 25.7 Å². The van der Waals surface area contributed by atoms with Crippen molar-refractivity contribution in [2.75, 3.05) is 6.54 Å². The van der Waals surface area contributed by atoms with Crippen molar-refractivity contribution in [3.63, 3.8) is 0 Å². The van der Waals surface area contributed by atoms with Gasteiger partial charge in [0.1, 0.15) is 0 Å². The molecule has 2 aliphatic carbocycles. The van der Waals surface area contributed by atoms with Crippen LogP contribution in [-0.2, 0) is 4.79 Å². The van der Waals surface area contributed by atoms with Crippen LogP contribution in [0.4, 0.5) is 0 Å². The molecule has 2 aliphatic rings. The van der Waals surface area contributed by atoms with Crippen molar-refractivity contribution in [2.45, 2.75) is 64.8 Å². The Labute approximate surface area is 117 Å². The van der Waals surface area contributed by atoms with Crippen molar-refractivity contribution in [1.29, 1.82) is 0 Å². The molecule has 0 aromatic heterocycles. The number of hydrogen-bond donors (Lipinski definition) is 2. The van der Waals surface area contributed by atoms with Gasteiger partial charge in [-0.05, 0) is 62.8 Å². The van der Waals surface area contributed by atoms with E-state index in [4.69, 9.17) is 0 Å². The molecule has 2 saturated carbocycles. The number of rotatable bonds is 5. The number of aliphatic carboxylic acids is 1. The van der Waals surface area contributed by atoms with Gasteiger partial charge in [-0.1, -0.05) is 20.3 Å². The molecule has 3 heteroatoms. The van der Waals surface area contributed by atoms with Gasteiger partial charge in [-0.15, -0.1) is 0 Å². The second-order valence-electron chi connectivity index (χ2n) is 6.90. The monoisotopic (exact) mass is 267 g/mol. The lowest BCUT2D eigenvalue weighted by atomic mass is 9.79. The number of hydrogen-bond acceptors (Lipinski definition) is 2. The normalized spacial score (nSPS) is 35.7. The zero-order valence-electron chi connectivity index (χ0n) is 12.4. The summed E-state index contributed by atoms with van der Waals surface area (Å²) in [6.45, 7) is 5.57. The Balaban J connectivity index is 1.70. The molecule has 0 spiro atoms. The highest BCUT2D eigenvalue weighted by molar-refractivity contribution is 5.70. The van der Waals surface area contributed by atoms with Crippen LogP contribution >= 0.6 is 0 Å². The van der Waals surface area contributed by atoms with Gasteiger partial charge in [-0.2, -0.15) is 0 Å². The van der Waals surface area contributed by atoms with Crippen molar-refractivity contribution in [1.82, 2.24) is 5.32 Å². The predicted molar refractivity (Wildman–Crippen MR) is 77.1 cm³/mol. The van der Waals surface area contributed by atoms with Crippen molar-refractivity contribution in [3.05, 3.63) is 0 Å². The number of carboxylic acids is 1. The number of nitrogens with one attached hydrogen (secondary N) is 1. The molecule has 0 amide bonds. The van der Waals surface area contributed by atoms with E-state index in [0.717, 1.165) is 37.6 Å². The van der Waals surface area contributed by atoms with E-state index < -0.39 is 5.97 Å². The molecule has 19 heavy (non-hydrogen) atoms. The van der Waals surface area contributed by atoms with Crippen molar-refractivity contribution in [2.24, 2.45) is 23.7 Å². The van der Waals surface area contributed by atoms with Crippen molar-refractivity contribution < 1.29 is 9.90 Å². The van der Waals surface area contributed by atoms with E-state index in [9.17, 15) is 9.90 Å². The summed E-state index contributed by atoms with van der Waals surface area (Å²) in [7, 11) is 0. The molecule has 2 fully saturated rings. The molecule has 0 bridgehead atoms. The van der Waals surface area contributed by atoms with Crippen LogP contribution in [0.2, 0.25) is 0 Å². The fourth-order valence-corrected chi connectivity index (χ4v) is 3.91. The molecule has 0 aliphatic heterocycles. The standard InChI is InChI=1S/C16H29NO2/c1-11(2)12-6-8-14(9-7-12)17-10-13-4-3-5-15(13)16(18)19/h11-15,17H,3-10H2,1-2H3,(H,18,19). The smallest absolute Gasteiger partial charge is 0.306 e. The molecule has 2 atom stereocenters. The largest absolute Gasteiger partial charge is 0.481 e. The Morgan fingerprint density at radius 2 is 1.84 bits per heavy atom. The van der Waals surface area contributed by atoms with Gasteiger partial charge in [0, 0.05) is 6.04 Å². The Morgan fingerprint density at radius 3 is 2.42 bits per heavy atom. The minimum absolute atomic E-state index is 0.0977. The number of carbonyl (C=O) groups is 1. The summed E-state index contributed by atoms with van der Waals surface area (Å²) >= 11 is 0. The molecule has 2 unspecified atom stereocenters. The summed E-state index contributed by atoms with van der Waals surface area (Å²) in [5.41, 5.74) is 0. The lowest BCUT2D eigenvalue weighted by Gasteiger charge is -2.32. The van der Waals surface area contributed by atoms with Crippen LogP contribution in [-0.4, -0.2) is 23.7 Å². The lowest BCUT2D eigenvalue weighted by molar-refractivity contribution is -0.142. The molecule has 0 aromatic rings. The highest BCUT2D eigenvalue weighted by atomic mass is 16.4. The molecule has 0 saturated heterocycles. The minimum atomic E-state index is -0.590. The topological polar surface area (TPSA) is 49.3 Å². The fourth-order valence-electron chi connectivity index (χ4n) is 3.91. The van der Waals surface area contributed by atoms with Gasteiger partial charge >= 0.3 is 5.97 Å². The summed E-state index contributed by atoms with van der Waals surface area (Å²) < 4.78 is 0. The van der Waals surface area contributed by atoms with Gasteiger partial charge in [0.2, 0.25) is 0 Å². The highest BCUT2D eigenvalue weighted by Crippen LogP contribution is 2.33. The molecule has 2 N–H and O–H groups in total. The molecular formula is C16H29NO2. The van der Waals surface area contributed by atoms with E-state index >= 15 is 0 Å². The average molecular weight is 267 g/mol. The van der Waals surface area contributed by atoms with Crippen LogP contribution in [0.25, 0.3) is 0 Å². The average Bonchev–Trinajstić information content (AvgIpc) is 2.85. The van der Waals surface area contributed by atoms with Gasteiger partial charge in [-0.3, -0.25) is 4.79 Å². The molecule has 110 valence electrons. The van der Waals surface area contributed by atoms with E-state index in [1.54, 1.807) is 0 Å². The first kappa shape index (κ1) is 14.8. The van der Waals surface area contributed by atoms with Gasteiger partial charge in [0.25, 0.3) is 0 Å². The van der Waals surface area contributed by atoms with Crippen LogP contribution in [0.15, 0.2) is 0 Å². The van der Waals surface area contributed by atoms with Gasteiger partial charge in [0.15, 0.2) is 0 Å². The first-order valence-electron chi connectivity index (χ1n) is 8.04. The first-order valence-corrected chi connectivity index (χ1v) is 8.04. The van der Waals surface area contributed by atoms with Crippen LogP contribution in [0.5, 0.6) is 0 Å². The fraction of sp³-hybridized carbons (Fsp3) is 0.938. The molecule has 0 heterocycles. The third kappa shape index (κ3) is 3.95. The summed E-state index contributed by atoms with van der Waals surface area (Å²) in [5.74, 6) is 1.39. The van der Waals surface area contributed by atoms with Gasteiger partial charge in [0.05, 0.1) is 5.92 Å². The van der Waals surface area contributed by atoms with Crippen LogP contribution < -0.4 is 5.32 Å². The summed E-state index contributed by atoms with van der Waals surface area (Å²) in [4.78, 5) is 11.2. The van der Waals surface area contributed by atoms with Crippen LogP contribution in [0.3, 0.4) is 0 Å². The van der Waals surface area contributed by atoms with Gasteiger partial charge in [-0.25, -0.2) is 0 Å². The maximum absolute atomic E-state index is 11.2. The lowest BCUT2D eigenvalue weighted by Crippen LogP contribution is -2.38. The van der Waals surface area contributed by atoms with E-state index in [2.05, 4.69) is 19.2 Å². The molecule has 2 rings (SSSR count). The zero-order chi connectivity index (χ0) is 13.8. The Kier molecular flexibility index (Phi) is 5.26. The minimum Gasteiger partial charge on any atom is -0.481 e. The number of carboxylic acid groups (broad SMARTS) is 1. The quantitative estimate of drug-likeness (QED) is 0.803. The van der Waals surface area contributed by atoms with Crippen molar-refractivity contribution in [3.8, 4) is 0 Å². The van der Waals surface area contributed by atoms with Crippen molar-refractivity contribution >= 4 is 5.97 Å². The molecule has 0 aromatic carbocycles. The maximum atomic E-state index is 11.2. The van der Waals surface area contributed by atoms with Crippen LogP contribution in [0.1, 0.15) is 58.8 Å². The van der Waals surface area contributed by atoms with Crippen LogP contribution in [0, 0.1) is 23.7 Å². The zero-order valence-corrected chi connectivity index (χ0v) is 12.4. The first-order chi connectivity index (χ1) is 9.08. The molecular weight excluding hydrogens is 238 g/mol. The van der Waals surface area contributed by atoms with E-state index in [-0.39, 0.29) is 5.92 Å². The van der Waals surface area contributed by atoms with E-state index in [0.29, 0.717) is 12.0 Å². The van der Waals surface area contributed by atoms with E-state index in [1.807, 2.05) is 0 Å².